The van der Waals surface area contributed by atoms with E-state index >= 15 is 0 Å². The van der Waals surface area contributed by atoms with Gasteiger partial charge in [0.15, 0.2) is 0 Å². The Morgan fingerprint density at radius 1 is 0.400 bits per heavy atom. The topological polar surface area (TPSA) is 94.5 Å². The van der Waals surface area contributed by atoms with Crippen molar-refractivity contribution in [2.75, 3.05) is 65.9 Å². The molecule has 0 heterocycles. The Bertz CT molecular complexity index is 739. The molecule has 0 saturated carbocycles. The maximum Gasteiger partial charge on any atom is 0.309 e. The van der Waals surface area contributed by atoms with Crippen molar-refractivity contribution in [2.24, 2.45) is 11.8 Å². The van der Waals surface area contributed by atoms with Gasteiger partial charge in [-0.05, 0) is 64.3 Å². The molecule has 0 aliphatic heterocycles. The highest BCUT2D eigenvalue weighted by molar-refractivity contribution is 5.72. The fourth-order valence-electron chi connectivity index (χ4n) is 7.32. The average molecular weight is 784 g/mol. The summed E-state index contributed by atoms with van der Waals surface area (Å²) in [5.41, 5.74) is 0. The number of ether oxygens (including phenoxy) is 4. The molecule has 1 N–H and O–H groups in total. The van der Waals surface area contributed by atoms with Crippen molar-refractivity contribution in [3.63, 3.8) is 0 Å². The van der Waals surface area contributed by atoms with E-state index < -0.39 is 0 Å². The van der Waals surface area contributed by atoms with Crippen molar-refractivity contribution >= 4 is 11.9 Å². The maximum atomic E-state index is 12.9. The smallest absolute Gasteiger partial charge is 0.309 e. The van der Waals surface area contributed by atoms with Gasteiger partial charge in [0.25, 0.3) is 0 Å². The molecule has 8 heteroatoms. The van der Waals surface area contributed by atoms with Gasteiger partial charge in [-0.25, -0.2) is 0 Å². The summed E-state index contributed by atoms with van der Waals surface area (Å²) in [4.78, 5) is 28.3. The van der Waals surface area contributed by atoms with E-state index in [4.69, 9.17) is 18.9 Å². The Kier molecular flexibility index (Phi) is 42.9. The van der Waals surface area contributed by atoms with E-state index in [1.165, 1.54) is 103 Å². The predicted octanol–water partition coefficient (Wildman–Crippen LogP) is 12.0. The van der Waals surface area contributed by atoms with E-state index in [1.807, 2.05) is 0 Å². The van der Waals surface area contributed by atoms with Gasteiger partial charge in [0.05, 0.1) is 25.0 Å². The molecule has 0 bridgehead atoms. The van der Waals surface area contributed by atoms with Crippen LogP contribution in [0.15, 0.2) is 0 Å². The summed E-state index contributed by atoms with van der Waals surface area (Å²) in [5, 5.41) is 9.20. The molecule has 2 unspecified atom stereocenters. The maximum absolute atomic E-state index is 12.9. The summed E-state index contributed by atoms with van der Waals surface area (Å²) in [5.74, 6) is -0.0145. The lowest BCUT2D eigenvalue weighted by Gasteiger charge is -2.22. The van der Waals surface area contributed by atoms with Crippen LogP contribution in [0.4, 0.5) is 0 Å². The highest BCUT2D eigenvalue weighted by Gasteiger charge is 2.20. The summed E-state index contributed by atoms with van der Waals surface area (Å²) in [6.45, 7) is 14.9. The summed E-state index contributed by atoms with van der Waals surface area (Å²) in [6, 6.07) is 0. The van der Waals surface area contributed by atoms with Crippen molar-refractivity contribution in [2.45, 2.75) is 214 Å². The third-order valence-corrected chi connectivity index (χ3v) is 10.9. The molecule has 0 amide bonds. The fraction of sp³-hybridized carbons (Fsp3) is 0.957. The predicted molar refractivity (Wildman–Crippen MR) is 231 cm³/mol. The number of carbonyl (C=O) groups excluding carboxylic acids is 2. The quantitative estimate of drug-likeness (QED) is 0.0482. The second-order valence-electron chi connectivity index (χ2n) is 16.1. The Morgan fingerprint density at radius 2 is 0.727 bits per heavy atom. The van der Waals surface area contributed by atoms with Gasteiger partial charge >= 0.3 is 11.9 Å². The number of unbranched alkanes of at least 4 members (excludes halogenated alkanes) is 18. The molecule has 0 radical (unpaired) electrons. The van der Waals surface area contributed by atoms with Crippen LogP contribution >= 0.6 is 0 Å². The summed E-state index contributed by atoms with van der Waals surface area (Å²) in [7, 11) is 0. The lowest BCUT2D eigenvalue weighted by Crippen LogP contribution is -2.29. The zero-order valence-electron chi connectivity index (χ0n) is 37.1. The van der Waals surface area contributed by atoms with E-state index in [0.717, 1.165) is 103 Å². The van der Waals surface area contributed by atoms with Gasteiger partial charge in [-0.2, -0.15) is 0 Å². The summed E-state index contributed by atoms with van der Waals surface area (Å²) < 4.78 is 23.2. The zero-order chi connectivity index (χ0) is 40.3. The molecule has 0 aromatic rings. The third kappa shape index (κ3) is 36.8. The Balaban J connectivity index is 4.42. The van der Waals surface area contributed by atoms with E-state index in [2.05, 4.69) is 32.6 Å². The first-order chi connectivity index (χ1) is 27.0. The van der Waals surface area contributed by atoms with Gasteiger partial charge in [-0.1, -0.05) is 156 Å². The molecule has 2 atom stereocenters. The van der Waals surface area contributed by atoms with E-state index in [0.29, 0.717) is 39.6 Å². The minimum absolute atomic E-state index is 0.0265. The second-order valence-corrected chi connectivity index (χ2v) is 16.1. The Morgan fingerprint density at radius 3 is 1.11 bits per heavy atom. The molecule has 0 spiro atoms. The molecule has 0 aromatic carbocycles. The normalized spacial score (nSPS) is 12.7. The minimum atomic E-state index is -0.0337. The van der Waals surface area contributed by atoms with Gasteiger partial charge in [-0.3, -0.25) is 9.59 Å². The highest BCUT2D eigenvalue weighted by atomic mass is 16.6. The molecule has 0 fully saturated rings. The molecule has 8 nitrogen and oxygen atoms in total. The standard InChI is InChI=1S/C47H93NO7/c1-5-9-13-17-19-24-32-44(30-22-15-11-7-3)46(50)54-42-40-52-38-28-35-48(34-26-21-27-37-49)36-29-39-53-41-43-55-47(51)45(31-23-16-12-8-4)33-25-20-18-14-10-6-2/h44-45,49H,5-43H2,1-4H3. The Labute approximate surface area is 341 Å². The van der Waals surface area contributed by atoms with Crippen LogP contribution in [0.5, 0.6) is 0 Å². The summed E-state index contributed by atoms with van der Waals surface area (Å²) >= 11 is 0. The van der Waals surface area contributed by atoms with Crippen molar-refractivity contribution in [3.8, 4) is 0 Å². The molecular formula is C47H93NO7. The first-order valence-corrected chi connectivity index (χ1v) is 23.9. The van der Waals surface area contributed by atoms with Crippen molar-refractivity contribution < 1.29 is 33.6 Å². The van der Waals surface area contributed by atoms with Crippen molar-refractivity contribution in [1.29, 1.82) is 0 Å². The molecule has 0 aliphatic rings. The zero-order valence-corrected chi connectivity index (χ0v) is 37.1. The lowest BCUT2D eigenvalue weighted by molar-refractivity contribution is -0.151. The van der Waals surface area contributed by atoms with Crippen LogP contribution < -0.4 is 0 Å². The van der Waals surface area contributed by atoms with E-state index in [-0.39, 0.29) is 30.4 Å². The third-order valence-electron chi connectivity index (χ3n) is 10.9. The number of aliphatic hydroxyl groups is 1. The van der Waals surface area contributed by atoms with Crippen LogP contribution in [0.2, 0.25) is 0 Å². The molecule has 328 valence electrons. The van der Waals surface area contributed by atoms with Gasteiger partial charge < -0.3 is 29.0 Å². The van der Waals surface area contributed by atoms with Crippen LogP contribution in [-0.4, -0.2) is 87.8 Å². The number of esters is 2. The van der Waals surface area contributed by atoms with Crippen molar-refractivity contribution in [3.05, 3.63) is 0 Å². The highest BCUT2D eigenvalue weighted by Crippen LogP contribution is 2.22. The Hall–Kier alpha value is -1.22. The van der Waals surface area contributed by atoms with E-state index in [1.54, 1.807) is 0 Å². The second kappa shape index (κ2) is 43.9. The largest absolute Gasteiger partial charge is 0.463 e. The van der Waals surface area contributed by atoms with Gasteiger partial charge in [0, 0.05) is 32.9 Å². The first-order valence-electron chi connectivity index (χ1n) is 23.9. The number of hydrogen-bond acceptors (Lipinski definition) is 8. The van der Waals surface area contributed by atoms with Crippen LogP contribution in [0.3, 0.4) is 0 Å². The number of rotatable bonds is 45. The first kappa shape index (κ1) is 53.8. The number of aliphatic hydroxyl groups excluding tert-OH is 1. The number of carbonyl (C=O) groups is 2. The van der Waals surface area contributed by atoms with Gasteiger partial charge in [-0.15, -0.1) is 0 Å². The lowest BCUT2D eigenvalue weighted by atomic mass is 9.94. The van der Waals surface area contributed by atoms with Crippen molar-refractivity contribution in [1.82, 2.24) is 4.90 Å². The molecule has 0 rings (SSSR count). The number of hydrogen-bond donors (Lipinski definition) is 1. The molecule has 0 saturated heterocycles. The van der Waals surface area contributed by atoms with Crippen LogP contribution in [-0.2, 0) is 28.5 Å². The minimum Gasteiger partial charge on any atom is -0.463 e. The van der Waals surface area contributed by atoms with Crippen LogP contribution in [0, 0.1) is 11.8 Å². The fourth-order valence-corrected chi connectivity index (χ4v) is 7.32. The van der Waals surface area contributed by atoms with E-state index in [9.17, 15) is 14.7 Å². The molecular weight excluding hydrogens is 691 g/mol. The SMILES string of the molecule is CCCCCCCCC(CCCCCC)C(=O)OCCOCCCN(CCCCCO)CCCOCCOC(=O)C(CCCCCC)CCCCCCCC. The summed E-state index contributed by atoms with van der Waals surface area (Å²) in [6.07, 6.45) is 33.0. The van der Waals surface area contributed by atoms with Gasteiger partial charge in [0.2, 0.25) is 0 Å². The van der Waals surface area contributed by atoms with Crippen LogP contribution in [0.1, 0.15) is 214 Å². The monoisotopic (exact) mass is 784 g/mol. The van der Waals surface area contributed by atoms with Crippen LogP contribution in [0.25, 0.3) is 0 Å². The molecule has 0 aliphatic carbocycles. The molecule has 0 aromatic heterocycles. The van der Waals surface area contributed by atoms with Gasteiger partial charge in [0.1, 0.15) is 13.2 Å². The average Bonchev–Trinajstić information content (AvgIpc) is 3.19. The number of nitrogens with zero attached hydrogens (tertiary/aromatic N) is 1. The molecule has 55 heavy (non-hydrogen) atoms.